The Kier molecular flexibility index (Phi) is 5.01. The molecule has 0 radical (unpaired) electrons. The van der Waals surface area contributed by atoms with Gasteiger partial charge in [-0.25, -0.2) is 0 Å². The van der Waals surface area contributed by atoms with Crippen molar-refractivity contribution in [2.75, 3.05) is 19.0 Å². The second kappa shape index (κ2) is 7.41. The maximum Gasteiger partial charge on any atom is 0.163 e. The van der Waals surface area contributed by atoms with Crippen molar-refractivity contribution in [3.8, 4) is 0 Å². The summed E-state index contributed by atoms with van der Waals surface area (Å²) in [5.74, 6) is 0.832. The molecule has 0 heterocycles. The molecule has 0 bridgehead atoms. The fourth-order valence-electron chi connectivity index (χ4n) is 7.42. The standard InChI is InChI=1S/C28H35NO3/c1-17(30)28(32)14-12-25-22-10-7-19-15-26(31)24(18-5-8-20(9-6-18)29(3)4)16-23(19)21(22)11-13-27(25,28)2/h5-6,8-9,15,22,24-25,32H,7,10-14,16H2,1-4H3/t22-,24?,25+,27+,28+/m1/s1. The highest BCUT2D eigenvalue weighted by Gasteiger charge is 2.62. The van der Waals surface area contributed by atoms with Crippen LogP contribution in [-0.4, -0.2) is 36.4 Å². The Bertz CT molecular complexity index is 1030. The van der Waals surface area contributed by atoms with Gasteiger partial charge in [-0.1, -0.05) is 24.6 Å². The average molecular weight is 434 g/mol. The molecule has 32 heavy (non-hydrogen) atoms. The van der Waals surface area contributed by atoms with Gasteiger partial charge in [-0.15, -0.1) is 0 Å². The molecule has 2 saturated carbocycles. The number of hydrogen-bond acceptors (Lipinski definition) is 4. The molecule has 4 aliphatic carbocycles. The highest BCUT2D eigenvalue weighted by atomic mass is 16.3. The summed E-state index contributed by atoms with van der Waals surface area (Å²) in [5, 5.41) is 11.3. The molecule has 0 aromatic heterocycles. The second-order valence-electron chi connectivity index (χ2n) is 10.9. The number of benzene rings is 1. The minimum Gasteiger partial charge on any atom is -0.382 e. The first-order valence-corrected chi connectivity index (χ1v) is 12.1. The van der Waals surface area contributed by atoms with Crippen molar-refractivity contribution in [2.45, 2.75) is 70.3 Å². The first kappa shape index (κ1) is 21.6. The van der Waals surface area contributed by atoms with Gasteiger partial charge in [-0.05, 0) is 98.6 Å². The summed E-state index contributed by atoms with van der Waals surface area (Å²) in [5.41, 5.74) is 4.88. The van der Waals surface area contributed by atoms with Crippen molar-refractivity contribution in [1.29, 1.82) is 0 Å². The Morgan fingerprint density at radius 1 is 1.09 bits per heavy atom. The molecule has 4 aliphatic rings. The number of carbonyl (C=O) groups is 2. The van der Waals surface area contributed by atoms with E-state index in [1.165, 1.54) is 16.7 Å². The minimum atomic E-state index is -1.18. The summed E-state index contributed by atoms with van der Waals surface area (Å²) in [6.07, 6.45) is 7.97. The van der Waals surface area contributed by atoms with Crippen molar-refractivity contribution in [1.82, 2.24) is 0 Å². The number of Topliss-reactive ketones (excluding diaryl/α,β-unsaturated/α-hetero) is 1. The highest BCUT2D eigenvalue weighted by Crippen LogP contribution is 2.63. The number of ketones is 2. The van der Waals surface area contributed by atoms with Crippen LogP contribution in [0.5, 0.6) is 0 Å². The topological polar surface area (TPSA) is 57.6 Å². The third-order valence-electron chi connectivity index (χ3n) is 9.39. The predicted molar refractivity (Wildman–Crippen MR) is 127 cm³/mol. The van der Waals surface area contributed by atoms with Gasteiger partial charge in [0.2, 0.25) is 0 Å². The normalized spacial score (nSPS) is 36.2. The van der Waals surface area contributed by atoms with Crippen molar-refractivity contribution in [2.24, 2.45) is 17.3 Å². The Hall–Kier alpha value is -2.20. The van der Waals surface area contributed by atoms with Crippen LogP contribution in [-0.2, 0) is 9.59 Å². The third kappa shape index (κ3) is 2.98. The Balaban J connectivity index is 1.48. The highest BCUT2D eigenvalue weighted by molar-refractivity contribution is 5.98. The predicted octanol–water partition coefficient (Wildman–Crippen LogP) is 4.97. The number of anilines is 1. The van der Waals surface area contributed by atoms with Crippen molar-refractivity contribution in [3.05, 3.63) is 52.6 Å². The molecule has 1 N–H and O–H groups in total. The molecular formula is C28H35NO3. The van der Waals surface area contributed by atoms with E-state index in [9.17, 15) is 14.7 Å². The first-order chi connectivity index (χ1) is 15.2. The molecule has 1 aromatic rings. The minimum absolute atomic E-state index is 0.0699. The quantitative estimate of drug-likeness (QED) is 0.731. The van der Waals surface area contributed by atoms with Crippen LogP contribution in [0.1, 0.15) is 70.3 Å². The summed E-state index contributed by atoms with van der Waals surface area (Å²) in [4.78, 5) is 27.5. The lowest BCUT2D eigenvalue weighted by molar-refractivity contribution is -0.152. The summed E-state index contributed by atoms with van der Waals surface area (Å²) in [7, 11) is 4.05. The van der Waals surface area contributed by atoms with Crippen molar-refractivity contribution < 1.29 is 14.7 Å². The van der Waals surface area contributed by atoms with Crippen LogP contribution in [0.25, 0.3) is 0 Å². The molecule has 1 unspecified atom stereocenters. The number of fused-ring (bicyclic) bond motifs is 4. The zero-order valence-electron chi connectivity index (χ0n) is 19.8. The monoisotopic (exact) mass is 433 g/mol. The van der Waals surface area contributed by atoms with E-state index in [0.717, 1.165) is 49.8 Å². The molecule has 0 aliphatic heterocycles. The van der Waals surface area contributed by atoms with E-state index in [0.29, 0.717) is 18.3 Å². The molecule has 0 saturated heterocycles. The van der Waals surface area contributed by atoms with Crippen LogP contribution in [0, 0.1) is 17.3 Å². The molecule has 4 nitrogen and oxygen atoms in total. The van der Waals surface area contributed by atoms with Gasteiger partial charge in [0.15, 0.2) is 11.6 Å². The lowest BCUT2D eigenvalue weighted by Crippen LogP contribution is -2.53. The van der Waals surface area contributed by atoms with Crippen molar-refractivity contribution in [3.63, 3.8) is 0 Å². The number of rotatable bonds is 3. The van der Waals surface area contributed by atoms with Gasteiger partial charge < -0.3 is 10.0 Å². The van der Waals surface area contributed by atoms with E-state index in [-0.39, 0.29) is 22.9 Å². The number of aliphatic hydroxyl groups is 1. The maximum absolute atomic E-state index is 13.0. The van der Waals surface area contributed by atoms with Gasteiger partial charge in [0, 0.05) is 25.2 Å². The zero-order valence-corrected chi connectivity index (χ0v) is 19.8. The van der Waals surface area contributed by atoms with Gasteiger partial charge in [0.05, 0.1) is 5.92 Å². The molecule has 2 fully saturated rings. The van der Waals surface area contributed by atoms with Crippen LogP contribution in [0.2, 0.25) is 0 Å². The van der Waals surface area contributed by atoms with Gasteiger partial charge in [-0.2, -0.15) is 0 Å². The molecular weight excluding hydrogens is 398 g/mol. The summed E-state index contributed by atoms with van der Waals surface area (Å²) >= 11 is 0. The van der Waals surface area contributed by atoms with E-state index in [2.05, 4.69) is 36.1 Å². The Morgan fingerprint density at radius 3 is 2.47 bits per heavy atom. The molecule has 0 amide bonds. The summed E-state index contributed by atoms with van der Waals surface area (Å²) in [6.45, 7) is 3.71. The van der Waals surface area contributed by atoms with Crippen LogP contribution in [0.3, 0.4) is 0 Å². The van der Waals surface area contributed by atoms with Crippen molar-refractivity contribution >= 4 is 17.3 Å². The van der Waals surface area contributed by atoms with Crippen LogP contribution in [0.4, 0.5) is 5.69 Å². The summed E-state index contributed by atoms with van der Waals surface area (Å²) < 4.78 is 0. The second-order valence-corrected chi connectivity index (χ2v) is 10.9. The fraction of sp³-hybridized carbons (Fsp3) is 0.571. The molecule has 5 rings (SSSR count). The molecule has 0 spiro atoms. The maximum atomic E-state index is 13.0. The number of carbonyl (C=O) groups excluding carboxylic acids is 2. The summed E-state index contributed by atoms with van der Waals surface area (Å²) in [6, 6.07) is 8.39. The van der Waals surface area contributed by atoms with E-state index in [1.54, 1.807) is 6.92 Å². The SMILES string of the molecule is CC(=O)[C@@]1(O)CC[C@H]2[C@@H]3CCC4=CC(=O)C(c5ccc(N(C)C)cc5)CC4=C3CC[C@@]21C. The van der Waals surface area contributed by atoms with E-state index in [4.69, 9.17) is 0 Å². The largest absolute Gasteiger partial charge is 0.382 e. The molecule has 4 heteroatoms. The van der Waals surface area contributed by atoms with Crippen LogP contribution in [0.15, 0.2) is 47.1 Å². The average Bonchev–Trinajstić information content (AvgIpc) is 3.05. The van der Waals surface area contributed by atoms with E-state index in [1.807, 2.05) is 20.2 Å². The van der Waals surface area contributed by atoms with Gasteiger partial charge in [0.25, 0.3) is 0 Å². The van der Waals surface area contributed by atoms with Gasteiger partial charge >= 0.3 is 0 Å². The third-order valence-corrected chi connectivity index (χ3v) is 9.39. The van der Waals surface area contributed by atoms with Crippen LogP contribution < -0.4 is 4.90 Å². The first-order valence-electron chi connectivity index (χ1n) is 12.1. The Labute approximate surface area is 191 Å². The van der Waals surface area contributed by atoms with Gasteiger partial charge in [0.1, 0.15) is 5.60 Å². The van der Waals surface area contributed by atoms with Gasteiger partial charge in [-0.3, -0.25) is 9.59 Å². The Morgan fingerprint density at radius 2 is 1.81 bits per heavy atom. The lowest BCUT2D eigenvalue weighted by atomic mass is 9.54. The van der Waals surface area contributed by atoms with E-state index < -0.39 is 5.60 Å². The van der Waals surface area contributed by atoms with Crippen LogP contribution >= 0.6 is 0 Å². The molecule has 1 aromatic carbocycles. The fourth-order valence-corrected chi connectivity index (χ4v) is 7.42. The molecule has 170 valence electrons. The van der Waals surface area contributed by atoms with E-state index >= 15 is 0 Å². The lowest BCUT2D eigenvalue weighted by Gasteiger charge is -2.51. The zero-order chi connectivity index (χ0) is 22.8. The number of allylic oxidation sites excluding steroid dienone is 4. The number of nitrogens with zero attached hydrogens (tertiary/aromatic N) is 1. The molecule has 5 atom stereocenters. The number of hydrogen-bond donors (Lipinski definition) is 1. The smallest absolute Gasteiger partial charge is 0.163 e.